The van der Waals surface area contributed by atoms with E-state index in [1.807, 2.05) is 0 Å². The Morgan fingerprint density at radius 1 is 0.244 bits per heavy atom. The first kappa shape index (κ1) is 25.6. The summed E-state index contributed by atoms with van der Waals surface area (Å²) >= 11 is 0. The number of para-hydroxylation sites is 1. The van der Waals surface area contributed by atoms with Crippen LogP contribution < -0.4 is 4.90 Å². The van der Waals surface area contributed by atoms with Gasteiger partial charge in [-0.15, -0.1) is 0 Å². The molecule has 0 saturated carbocycles. The SMILES string of the molecule is c1ccc(N(c2ccc(-c3ccc4cc5c6ccccc6c6ccccc6c5cc4c3)cc2)c2ccc3ccccc3c2)cc1. The first-order valence-corrected chi connectivity index (χ1v) is 15.5. The standard InChI is InChI=1S/C44H29N/c1-2-12-36(13-3-1)45(38-25-22-30-10-4-5-11-32(30)27-38)37-23-20-31(21-24-37)33-18-19-34-28-43-41-16-8-6-14-39(41)40-15-7-9-17-42(40)44(43)29-35(34)26-33/h1-29H. The predicted octanol–water partition coefficient (Wildman–Crippen LogP) is 12.6. The molecule has 0 bridgehead atoms. The van der Waals surface area contributed by atoms with Gasteiger partial charge in [-0.25, -0.2) is 0 Å². The topological polar surface area (TPSA) is 3.24 Å². The summed E-state index contributed by atoms with van der Waals surface area (Å²) < 4.78 is 0. The average molecular weight is 572 g/mol. The van der Waals surface area contributed by atoms with Crippen molar-refractivity contribution in [2.24, 2.45) is 0 Å². The molecule has 0 saturated heterocycles. The van der Waals surface area contributed by atoms with Gasteiger partial charge in [0.05, 0.1) is 0 Å². The second-order valence-corrected chi connectivity index (χ2v) is 11.8. The predicted molar refractivity (Wildman–Crippen MR) is 194 cm³/mol. The molecular formula is C44H29N. The molecule has 0 aliphatic heterocycles. The van der Waals surface area contributed by atoms with E-state index in [0.717, 1.165) is 17.1 Å². The third-order valence-electron chi connectivity index (χ3n) is 9.17. The molecule has 0 aliphatic rings. The third kappa shape index (κ3) is 4.32. The van der Waals surface area contributed by atoms with E-state index >= 15 is 0 Å². The minimum atomic E-state index is 1.13. The van der Waals surface area contributed by atoms with Crippen molar-refractivity contribution in [1.82, 2.24) is 0 Å². The Morgan fingerprint density at radius 2 is 0.711 bits per heavy atom. The minimum absolute atomic E-state index is 1.13. The second kappa shape index (κ2) is 10.4. The lowest BCUT2D eigenvalue weighted by Gasteiger charge is -2.26. The van der Waals surface area contributed by atoms with E-state index in [1.54, 1.807) is 0 Å². The second-order valence-electron chi connectivity index (χ2n) is 11.8. The summed E-state index contributed by atoms with van der Waals surface area (Å²) in [7, 11) is 0. The van der Waals surface area contributed by atoms with Crippen LogP contribution in [0.1, 0.15) is 0 Å². The highest BCUT2D eigenvalue weighted by molar-refractivity contribution is 6.27. The molecule has 0 aliphatic carbocycles. The van der Waals surface area contributed by atoms with Gasteiger partial charge in [0.25, 0.3) is 0 Å². The van der Waals surface area contributed by atoms with Crippen LogP contribution in [0.2, 0.25) is 0 Å². The van der Waals surface area contributed by atoms with E-state index in [0.29, 0.717) is 0 Å². The Morgan fingerprint density at radius 3 is 1.40 bits per heavy atom. The van der Waals surface area contributed by atoms with Crippen LogP contribution in [0.25, 0.3) is 65.0 Å². The van der Waals surface area contributed by atoms with E-state index in [9.17, 15) is 0 Å². The van der Waals surface area contributed by atoms with Gasteiger partial charge in [0, 0.05) is 17.1 Å². The van der Waals surface area contributed by atoms with Crippen LogP contribution in [0.15, 0.2) is 176 Å². The summed E-state index contributed by atoms with van der Waals surface area (Å²) in [5, 5.41) is 12.8. The van der Waals surface area contributed by atoms with Crippen LogP contribution >= 0.6 is 0 Å². The molecule has 0 amide bonds. The first-order chi connectivity index (χ1) is 22.3. The minimum Gasteiger partial charge on any atom is -0.310 e. The molecule has 0 radical (unpaired) electrons. The van der Waals surface area contributed by atoms with Crippen molar-refractivity contribution < 1.29 is 0 Å². The average Bonchev–Trinajstić information content (AvgIpc) is 3.12. The first-order valence-electron chi connectivity index (χ1n) is 15.5. The van der Waals surface area contributed by atoms with Gasteiger partial charge in [-0.3, -0.25) is 0 Å². The van der Waals surface area contributed by atoms with Crippen molar-refractivity contribution in [3.8, 4) is 11.1 Å². The van der Waals surface area contributed by atoms with Crippen LogP contribution in [0.3, 0.4) is 0 Å². The lowest BCUT2D eigenvalue weighted by atomic mass is 9.91. The summed E-state index contributed by atoms with van der Waals surface area (Å²) in [5.41, 5.74) is 5.83. The van der Waals surface area contributed by atoms with Crippen molar-refractivity contribution in [3.63, 3.8) is 0 Å². The fourth-order valence-electron chi connectivity index (χ4n) is 6.97. The Balaban J connectivity index is 1.15. The molecule has 9 aromatic rings. The normalized spacial score (nSPS) is 11.6. The number of hydrogen-bond acceptors (Lipinski definition) is 1. The number of rotatable bonds is 4. The van der Waals surface area contributed by atoms with E-state index in [-0.39, 0.29) is 0 Å². The molecule has 1 nitrogen and oxygen atoms in total. The van der Waals surface area contributed by atoms with E-state index in [4.69, 9.17) is 0 Å². The molecular weight excluding hydrogens is 542 g/mol. The van der Waals surface area contributed by atoms with E-state index in [1.165, 1.54) is 65.0 Å². The Bertz CT molecular complexity index is 2530. The molecule has 210 valence electrons. The largest absolute Gasteiger partial charge is 0.310 e. The van der Waals surface area contributed by atoms with Crippen molar-refractivity contribution in [1.29, 1.82) is 0 Å². The molecule has 45 heavy (non-hydrogen) atoms. The lowest BCUT2D eigenvalue weighted by Crippen LogP contribution is -2.09. The maximum atomic E-state index is 2.38. The highest BCUT2D eigenvalue weighted by Gasteiger charge is 2.14. The molecule has 0 N–H and O–H groups in total. The monoisotopic (exact) mass is 571 g/mol. The number of fused-ring (bicyclic) bond motifs is 8. The third-order valence-corrected chi connectivity index (χ3v) is 9.17. The summed E-state index contributed by atoms with van der Waals surface area (Å²) in [4.78, 5) is 2.33. The molecule has 9 aromatic carbocycles. The summed E-state index contributed by atoms with van der Waals surface area (Å²) in [6, 6.07) is 64.0. The van der Waals surface area contributed by atoms with Crippen LogP contribution in [0.4, 0.5) is 17.1 Å². The molecule has 0 unspecified atom stereocenters. The van der Waals surface area contributed by atoms with Crippen LogP contribution in [0, 0.1) is 0 Å². The highest BCUT2D eigenvalue weighted by atomic mass is 15.1. The summed E-state index contributed by atoms with van der Waals surface area (Å²) in [5.74, 6) is 0. The van der Waals surface area contributed by atoms with Crippen molar-refractivity contribution in [2.45, 2.75) is 0 Å². The van der Waals surface area contributed by atoms with Crippen molar-refractivity contribution >= 4 is 70.9 Å². The highest BCUT2D eigenvalue weighted by Crippen LogP contribution is 2.39. The number of anilines is 3. The zero-order valence-corrected chi connectivity index (χ0v) is 24.7. The molecule has 0 fully saturated rings. The summed E-state index contributed by atoms with van der Waals surface area (Å²) in [6.07, 6.45) is 0. The van der Waals surface area contributed by atoms with Crippen LogP contribution in [0.5, 0.6) is 0 Å². The number of hydrogen-bond donors (Lipinski definition) is 0. The maximum absolute atomic E-state index is 2.38. The van der Waals surface area contributed by atoms with Gasteiger partial charge in [-0.1, -0.05) is 121 Å². The van der Waals surface area contributed by atoms with Crippen LogP contribution in [-0.2, 0) is 0 Å². The Kier molecular flexibility index (Phi) is 5.89. The molecule has 1 heteroatoms. The molecule has 0 atom stereocenters. The van der Waals surface area contributed by atoms with Gasteiger partial charge in [-0.2, -0.15) is 0 Å². The Labute approximate surface area is 262 Å². The fraction of sp³-hybridized carbons (Fsp3) is 0. The molecule has 0 aromatic heterocycles. The van der Waals surface area contributed by atoms with Gasteiger partial charge in [0.1, 0.15) is 0 Å². The van der Waals surface area contributed by atoms with Gasteiger partial charge in [-0.05, 0) is 120 Å². The maximum Gasteiger partial charge on any atom is 0.0468 e. The van der Waals surface area contributed by atoms with Gasteiger partial charge < -0.3 is 4.90 Å². The van der Waals surface area contributed by atoms with E-state index < -0.39 is 0 Å². The molecule has 9 rings (SSSR count). The van der Waals surface area contributed by atoms with Crippen molar-refractivity contribution in [3.05, 3.63) is 176 Å². The molecule has 0 spiro atoms. The van der Waals surface area contributed by atoms with Gasteiger partial charge in [0.2, 0.25) is 0 Å². The lowest BCUT2D eigenvalue weighted by molar-refractivity contribution is 1.29. The zero-order chi connectivity index (χ0) is 29.7. The van der Waals surface area contributed by atoms with Gasteiger partial charge in [0.15, 0.2) is 0 Å². The summed E-state index contributed by atoms with van der Waals surface area (Å²) in [6.45, 7) is 0. The smallest absolute Gasteiger partial charge is 0.0468 e. The Hall–Kier alpha value is -5.92. The van der Waals surface area contributed by atoms with Crippen LogP contribution in [-0.4, -0.2) is 0 Å². The number of nitrogens with zero attached hydrogens (tertiary/aromatic N) is 1. The fourth-order valence-corrected chi connectivity index (χ4v) is 6.97. The number of benzene rings is 9. The zero-order valence-electron chi connectivity index (χ0n) is 24.7. The molecule has 0 heterocycles. The van der Waals surface area contributed by atoms with Gasteiger partial charge >= 0.3 is 0 Å². The van der Waals surface area contributed by atoms with E-state index in [2.05, 4.69) is 181 Å². The quantitative estimate of drug-likeness (QED) is 0.150. The van der Waals surface area contributed by atoms with Crippen molar-refractivity contribution in [2.75, 3.05) is 4.90 Å².